The molecule has 0 aromatic carbocycles. The van der Waals surface area contributed by atoms with E-state index in [2.05, 4.69) is 5.16 Å². The molecule has 5 nitrogen and oxygen atoms in total. The summed E-state index contributed by atoms with van der Waals surface area (Å²) in [6, 6.07) is 0.182. The van der Waals surface area contributed by atoms with Gasteiger partial charge in [-0.05, 0) is 26.7 Å². The van der Waals surface area contributed by atoms with E-state index < -0.39 is 0 Å². The highest BCUT2D eigenvalue weighted by Crippen LogP contribution is 2.23. The van der Waals surface area contributed by atoms with Crippen LogP contribution in [0.3, 0.4) is 0 Å². The zero-order chi connectivity index (χ0) is 12.4. The van der Waals surface area contributed by atoms with Gasteiger partial charge in [-0.15, -0.1) is 0 Å². The summed E-state index contributed by atoms with van der Waals surface area (Å²) >= 11 is 0. The van der Waals surface area contributed by atoms with Gasteiger partial charge in [0.15, 0.2) is 0 Å². The van der Waals surface area contributed by atoms with Gasteiger partial charge in [0.25, 0.3) is 5.91 Å². The van der Waals surface area contributed by atoms with E-state index in [4.69, 9.17) is 9.26 Å². The number of aryl methyl sites for hydroxylation is 2. The molecule has 0 radical (unpaired) electrons. The summed E-state index contributed by atoms with van der Waals surface area (Å²) in [5.41, 5.74) is 1.27. The van der Waals surface area contributed by atoms with Crippen LogP contribution in [0.15, 0.2) is 4.52 Å². The summed E-state index contributed by atoms with van der Waals surface area (Å²) in [5, 5.41) is 3.83. The van der Waals surface area contributed by atoms with Crippen LogP contribution in [-0.4, -0.2) is 42.3 Å². The maximum atomic E-state index is 12.4. The largest absolute Gasteiger partial charge is 0.383 e. The van der Waals surface area contributed by atoms with E-state index in [1.165, 1.54) is 0 Å². The molecule has 0 aliphatic carbocycles. The van der Waals surface area contributed by atoms with Crippen LogP contribution < -0.4 is 0 Å². The number of likely N-dealkylation sites (tertiary alicyclic amines) is 1. The smallest absolute Gasteiger partial charge is 0.259 e. The molecule has 1 aromatic rings. The van der Waals surface area contributed by atoms with Crippen molar-refractivity contribution in [1.82, 2.24) is 10.1 Å². The molecule has 1 amide bonds. The van der Waals surface area contributed by atoms with Crippen molar-refractivity contribution >= 4 is 5.91 Å². The second kappa shape index (κ2) is 4.87. The van der Waals surface area contributed by atoms with E-state index in [-0.39, 0.29) is 11.9 Å². The Hall–Kier alpha value is -1.36. The predicted molar refractivity (Wildman–Crippen MR) is 61.9 cm³/mol. The zero-order valence-corrected chi connectivity index (χ0v) is 10.5. The summed E-state index contributed by atoms with van der Waals surface area (Å²) in [5.74, 6) is 0.608. The molecule has 1 atom stereocenters. The maximum Gasteiger partial charge on any atom is 0.259 e. The molecule has 94 valence electrons. The monoisotopic (exact) mass is 238 g/mol. The summed E-state index contributed by atoms with van der Waals surface area (Å²) in [6.07, 6.45) is 2.03. The van der Waals surface area contributed by atoms with Crippen LogP contribution in [0, 0.1) is 13.8 Å². The van der Waals surface area contributed by atoms with Crippen molar-refractivity contribution in [1.29, 1.82) is 0 Å². The number of rotatable bonds is 3. The lowest BCUT2D eigenvalue weighted by atomic mass is 10.1. The first-order valence-corrected chi connectivity index (χ1v) is 5.88. The molecule has 2 heterocycles. The molecule has 1 aromatic heterocycles. The SMILES string of the molecule is COCC1CCCN1C(=O)c1c(C)noc1C. The number of methoxy groups -OCH3 is 1. The Morgan fingerprint density at radius 3 is 2.94 bits per heavy atom. The zero-order valence-electron chi connectivity index (χ0n) is 10.5. The fourth-order valence-corrected chi connectivity index (χ4v) is 2.40. The van der Waals surface area contributed by atoms with Crippen LogP contribution in [0.25, 0.3) is 0 Å². The Kier molecular flexibility index (Phi) is 3.47. The molecule has 0 spiro atoms. The van der Waals surface area contributed by atoms with E-state index in [1.54, 1.807) is 21.0 Å². The lowest BCUT2D eigenvalue weighted by molar-refractivity contribution is 0.0628. The third-order valence-electron chi connectivity index (χ3n) is 3.24. The highest BCUT2D eigenvalue weighted by atomic mass is 16.5. The van der Waals surface area contributed by atoms with E-state index >= 15 is 0 Å². The number of aromatic nitrogens is 1. The minimum absolute atomic E-state index is 0.0146. The fraction of sp³-hybridized carbons (Fsp3) is 0.667. The van der Waals surface area contributed by atoms with Crippen molar-refractivity contribution in [2.45, 2.75) is 32.7 Å². The predicted octanol–water partition coefficient (Wildman–Crippen LogP) is 1.54. The highest BCUT2D eigenvalue weighted by molar-refractivity contribution is 5.96. The summed E-state index contributed by atoms with van der Waals surface area (Å²) in [4.78, 5) is 14.3. The minimum Gasteiger partial charge on any atom is -0.383 e. The molecule has 0 bridgehead atoms. The third kappa shape index (κ3) is 2.20. The number of amides is 1. The number of hydrogen-bond donors (Lipinski definition) is 0. The van der Waals surface area contributed by atoms with Gasteiger partial charge < -0.3 is 14.2 Å². The van der Waals surface area contributed by atoms with Crippen LogP contribution in [0.1, 0.15) is 34.7 Å². The molecule has 0 N–H and O–H groups in total. The van der Waals surface area contributed by atoms with E-state index in [9.17, 15) is 4.79 Å². The Morgan fingerprint density at radius 2 is 2.35 bits per heavy atom. The Bertz CT molecular complexity index is 394. The molecule has 1 aliphatic heterocycles. The molecule has 1 fully saturated rings. The van der Waals surface area contributed by atoms with Crippen LogP contribution in [0.4, 0.5) is 0 Å². The standard InChI is InChI=1S/C12H18N2O3/c1-8-11(9(2)17-13-8)12(15)14-6-4-5-10(14)7-16-3/h10H,4-7H2,1-3H3. The topological polar surface area (TPSA) is 55.6 Å². The molecular weight excluding hydrogens is 220 g/mol. The van der Waals surface area contributed by atoms with Crippen molar-refractivity contribution in [3.05, 3.63) is 17.0 Å². The quantitative estimate of drug-likeness (QED) is 0.801. The Labute approximate surface area is 101 Å². The van der Waals surface area contributed by atoms with E-state index in [1.807, 2.05) is 4.90 Å². The van der Waals surface area contributed by atoms with Crippen LogP contribution >= 0.6 is 0 Å². The van der Waals surface area contributed by atoms with Gasteiger partial charge in [0, 0.05) is 13.7 Å². The van der Waals surface area contributed by atoms with Gasteiger partial charge in [-0.1, -0.05) is 5.16 Å². The molecule has 1 unspecified atom stereocenters. The molecule has 0 saturated carbocycles. The minimum atomic E-state index is 0.0146. The number of ether oxygens (including phenoxy) is 1. The van der Waals surface area contributed by atoms with Crippen LogP contribution in [0.2, 0.25) is 0 Å². The summed E-state index contributed by atoms with van der Waals surface area (Å²) in [6.45, 7) is 4.95. The van der Waals surface area contributed by atoms with Gasteiger partial charge in [-0.3, -0.25) is 4.79 Å². The normalized spacial score (nSPS) is 19.9. The van der Waals surface area contributed by atoms with Gasteiger partial charge in [0.1, 0.15) is 11.3 Å². The number of carbonyl (C=O) groups excluding carboxylic acids is 1. The lowest BCUT2D eigenvalue weighted by Gasteiger charge is -2.23. The van der Waals surface area contributed by atoms with E-state index in [0.29, 0.717) is 23.6 Å². The Morgan fingerprint density at radius 1 is 1.59 bits per heavy atom. The third-order valence-corrected chi connectivity index (χ3v) is 3.24. The van der Waals surface area contributed by atoms with Crippen molar-refractivity contribution < 1.29 is 14.1 Å². The molecule has 1 aliphatic rings. The second-order valence-electron chi connectivity index (χ2n) is 4.45. The van der Waals surface area contributed by atoms with Crippen molar-refractivity contribution in [3.8, 4) is 0 Å². The number of carbonyl (C=O) groups is 1. The molecule has 1 saturated heterocycles. The Balaban J connectivity index is 2.20. The lowest BCUT2D eigenvalue weighted by Crippen LogP contribution is -2.38. The van der Waals surface area contributed by atoms with Gasteiger partial charge in [-0.25, -0.2) is 0 Å². The molecule has 5 heteroatoms. The summed E-state index contributed by atoms with van der Waals surface area (Å²) < 4.78 is 10.2. The van der Waals surface area contributed by atoms with Crippen LogP contribution in [-0.2, 0) is 4.74 Å². The average molecular weight is 238 g/mol. The second-order valence-corrected chi connectivity index (χ2v) is 4.45. The first-order valence-electron chi connectivity index (χ1n) is 5.88. The van der Waals surface area contributed by atoms with Gasteiger partial charge >= 0.3 is 0 Å². The van der Waals surface area contributed by atoms with Gasteiger partial charge in [-0.2, -0.15) is 0 Å². The van der Waals surface area contributed by atoms with Crippen molar-refractivity contribution in [2.24, 2.45) is 0 Å². The van der Waals surface area contributed by atoms with E-state index in [0.717, 1.165) is 19.4 Å². The molecular formula is C12H18N2O3. The maximum absolute atomic E-state index is 12.4. The summed E-state index contributed by atoms with van der Waals surface area (Å²) in [7, 11) is 1.66. The van der Waals surface area contributed by atoms with Gasteiger partial charge in [0.2, 0.25) is 0 Å². The highest BCUT2D eigenvalue weighted by Gasteiger charge is 2.32. The van der Waals surface area contributed by atoms with Crippen LogP contribution in [0.5, 0.6) is 0 Å². The average Bonchev–Trinajstić information content (AvgIpc) is 2.86. The van der Waals surface area contributed by atoms with Crippen molar-refractivity contribution in [3.63, 3.8) is 0 Å². The number of nitrogens with zero attached hydrogens (tertiary/aromatic N) is 2. The first-order chi connectivity index (χ1) is 8.15. The van der Waals surface area contributed by atoms with Gasteiger partial charge in [0.05, 0.1) is 18.3 Å². The first kappa shape index (κ1) is 12.1. The molecule has 17 heavy (non-hydrogen) atoms. The number of hydrogen-bond acceptors (Lipinski definition) is 4. The molecule has 2 rings (SSSR count). The van der Waals surface area contributed by atoms with Crippen molar-refractivity contribution in [2.75, 3.05) is 20.3 Å². The fourth-order valence-electron chi connectivity index (χ4n) is 2.40.